The smallest absolute Gasteiger partial charge is 0.0205 e. The average molecular weight is 266 g/mol. The van der Waals surface area contributed by atoms with Crippen molar-refractivity contribution in [1.82, 2.24) is 5.32 Å². The lowest BCUT2D eigenvalue weighted by Gasteiger charge is -2.04. The highest BCUT2D eigenvalue weighted by Crippen LogP contribution is 2.11. The Morgan fingerprint density at radius 1 is 1.33 bits per heavy atom. The van der Waals surface area contributed by atoms with E-state index in [1.54, 1.807) is 0 Å². The molecule has 0 aliphatic rings. The van der Waals surface area contributed by atoms with E-state index >= 15 is 0 Å². The summed E-state index contributed by atoms with van der Waals surface area (Å²) in [5.41, 5.74) is 1.31. The molecule has 15 heavy (non-hydrogen) atoms. The van der Waals surface area contributed by atoms with Gasteiger partial charge in [-0.2, -0.15) is 0 Å². The van der Waals surface area contributed by atoms with Gasteiger partial charge in [0, 0.05) is 17.4 Å². The predicted octanol–water partition coefficient (Wildman–Crippen LogP) is 3.34. The summed E-state index contributed by atoms with van der Waals surface area (Å²) in [5.74, 6) is 2.65. The first-order valence-electron chi connectivity index (χ1n) is 5.21. The first-order chi connectivity index (χ1) is 7.33. The van der Waals surface area contributed by atoms with Crippen molar-refractivity contribution in [2.24, 2.45) is 0 Å². The summed E-state index contributed by atoms with van der Waals surface area (Å²) in [4.78, 5) is 0. The van der Waals surface area contributed by atoms with Crippen LogP contribution in [0.3, 0.4) is 0 Å². The van der Waals surface area contributed by atoms with Crippen molar-refractivity contribution >= 4 is 15.9 Å². The van der Waals surface area contributed by atoms with E-state index in [0.29, 0.717) is 0 Å². The van der Waals surface area contributed by atoms with E-state index in [9.17, 15) is 0 Å². The first kappa shape index (κ1) is 12.3. The summed E-state index contributed by atoms with van der Waals surface area (Å²) in [6.45, 7) is 1.96. The Balaban J connectivity index is 2.13. The second-order valence-corrected chi connectivity index (χ2v) is 4.38. The Hall–Kier alpha value is -0.780. The van der Waals surface area contributed by atoms with Crippen molar-refractivity contribution in [3.63, 3.8) is 0 Å². The normalized spacial score (nSPS) is 9.87. The quantitative estimate of drug-likeness (QED) is 0.615. The van der Waals surface area contributed by atoms with Crippen LogP contribution in [0.5, 0.6) is 0 Å². The number of terminal acetylenes is 1. The van der Waals surface area contributed by atoms with Gasteiger partial charge in [-0.15, -0.1) is 12.3 Å². The third-order valence-electron chi connectivity index (χ3n) is 2.14. The molecule has 0 fully saturated rings. The van der Waals surface area contributed by atoms with E-state index in [-0.39, 0.29) is 0 Å². The van der Waals surface area contributed by atoms with Gasteiger partial charge in [-0.25, -0.2) is 0 Å². The molecule has 0 aliphatic heterocycles. The summed E-state index contributed by atoms with van der Waals surface area (Å²) in [7, 11) is 0. The average Bonchev–Trinajstić information content (AvgIpc) is 2.23. The Kier molecular flexibility index (Phi) is 6.15. The van der Waals surface area contributed by atoms with Crippen LogP contribution in [-0.4, -0.2) is 6.54 Å². The van der Waals surface area contributed by atoms with E-state index in [4.69, 9.17) is 6.42 Å². The number of nitrogens with one attached hydrogen (secondary N) is 1. The molecule has 0 unspecified atom stereocenters. The van der Waals surface area contributed by atoms with E-state index < -0.39 is 0 Å². The van der Waals surface area contributed by atoms with Crippen molar-refractivity contribution in [2.45, 2.75) is 25.8 Å². The standard InChI is InChI=1S/C13H16BrN/c1-2-3-4-5-9-15-11-12-7-6-8-13(14)10-12/h1,6-8,10,15H,3-5,9,11H2. The molecular formula is C13H16BrN. The number of unbranched alkanes of at least 4 members (excludes halogenated alkanes) is 2. The van der Waals surface area contributed by atoms with Crippen LogP contribution in [0.4, 0.5) is 0 Å². The van der Waals surface area contributed by atoms with Crippen LogP contribution < -0.4 is 5.32 Å². The minimum Gasteiger partial charge on any atom is -0.313 e. The second kappa shape index (κ2) is 7.50. The van der Waals surface area contributed by atoms with E-state index in [1.807, 2.05) is 6.07 Å². The lowest BCUT2D eigenvalue weighted by atomic mass is 10.2. The fourth-order valence-electron chi connectivity index (χ4n) is 1.36. The molecule has 0 atom stereocenters. The Morgan fingerprint density at radius 3 is 2.93 bits per heavy atom. The van der Waals surface area contributed by atoms with E-state index in [0.717, 1.165) is 36.8 Å². The molecule has 1 aromatic carbocycles. The molecule has 0 amide bonds. The van der Waals surface area contributed by atoms with Gasteiger partial charge in [0.1, 0.15) is 0 Å². The molecule has 0 aromatic heterocycles. The summed E-state index contributed by atoms with van der Waals surface area (Å²) < 4.78 is 1.13. The van der Waals surface area contributed by atoms with Gasteiger partial charge >= 0.3 is 0 Å². The summed E-state index contributed by atoms with van der Waals surface area (Å²) in [6, 6.07) is 8.35. The molecule has 1 nitrogen and oxygen atoms in total. The second-order valence-electron chi connectivity index (χ2n) is 3.47. The SMILES string of the molecule is C#CCCCCNCc1cccc(Br)c1. The van der Waals surface area contributed by atoms with Crippen LogP contribution in [0.25, 0.3) is 0 Å². The first-order valence-corrected chi connectivity index (χ1v) is 6.01. The van der Waals surface area contributed by atoms with Crippen LogP contribution in [0, 0.1) is 12.3 Å². The highest BCUT2D eigenvalue weighted by Gasteiger charge is 1.93. The molecule has 2 heteroatoms. The molecule has 80 valence electrons. The van der Waals surface area contributed by atoms with E-state index in [2.05, 4.69) is 45.4 Å². The predicted molar refractivity (Wildman–Crippen MR) is 68.5 cm³/mol. The molecule has 0 bridgehead atoms. The highest BCUT2D eigenvalue weighted by atomic mass is 79.9. The third-order valence-corrected chi connectivity index (χ3v) is 2.64. The van der Waals surface area contributed by atoms with Crippen LogP contribution in [-0.2, 0) is 6.54 Å². The topological polar surface area (TPSA) is 12.0 Å². The lowest BCUT2D eigenvalue weighted by Crippen LogP contribution is -2.14. The molecule has 0 saturated carbocycles. The van der Waals surface area contributed by atoms with Crippen molar-refractivity contribution in [2.75, 3.05) is 6.54 Å². The maximum Gasteiger partial charge on any atom is 0.0205 e. The Labute approximate surface area is 100 Å². The van der Waals surface area contributed by atoms with Crippen LogP contribution in [0.1, 0.15) is 24.8 Å². The van der Waals surface area contributed by atoms with Crippen LogP contribution >= 0.6 is 15.9 Å². The zero-order valence-corrected chi connectivity index (χ0v) is 10.4. The van der Waals surface area contributed by atoms with Crippen molar-refractivity contribution < 1.29 is 0 Å². The van der Waals surface area contributed by atoms with Crippen LogP contribution in [0.2, 0.25) is 0 Å². The molecule has 0 saturated heterocycles. The summed E-state index contributed by atoms with van der Waals surface area (Å²) in [5, 5.41) is 3.40. The van der Waals surface area contributed by atoms with Gasteiger partial charge in [-0.05, 0) is 37.1 Å². The molecule has 0 spiro atoms. The monoisotopic (exact) mass is 265 g/mol. The largest absolute Gasteiger partial charge is 0.313 e. The molecule has 0 aliphatic carbocycles. The zero-order valence-electron chi connectivity index (χ0n) is 8.80. The minimum absolute atomic E-state index is 0.887. The Morgan fingerprint density at radius 2 is 2.20 bits per heavy atom. The molecule has 0 heterocycles. The highest BCUT2D eigenvalue weighted by molar-refractivity contribution is 9.10. The lowest BCUT2D eigenvalue weighted by molar-refractivity contribution is 0.629. The summed E-state index contributed by atoms with van der Waals surface area (Å²) in [6.07, 6.45) is 8.33. The number of benzene rings is 1. The molecule has 1 N–H and O–H groups in total. The molecule has 1 rings (SSSR count). The molecule has 0 radical (unpaired) electrons. The van der Waals surface area contributed by atoms with Crippen molar-refractivity contribution in [1.29, 1.82) is 0 Å². The van der Waals surface area contributed by atoms with E-state index in [1.165, 1.54) is 5.56 Å². The van der Waals surface area contributed by atoms with Gasteiger partial charge in [-0.3, -0.25) is 0 Å². The van der Waals surface area contributed by atoms with Gasteiger partial charge in [0.25, 0.3) is 0 Å². The maximum atomic E-state index is 5.18. The molecular weight excluding hydrogens is 250 g/mol. The number of hydrogen-bond acceptors (Lipinski definition) is 1. The summed E-state index contributed by atoms with van der Waals surface area (Å²) >= 11 is 3.46. The minimum atomic E-state index is 0.887. The van der Waals surface area contributed by atoms with Gasteiger partial charge in [0.05, 0.1) is 0 Å². The number of rotatable bonds is 6. The van der Waals surface area contributed by atoms with Gasteiger partial charge in [0.15, 0.2) is 0 Å². The van der Waals surface area contributed by atoms with Crippen molar-refractivity contribution in [3.05, 3.63) is 34.3 Å². The number of halogens is 1. The maximum absolute atomic E-state index is 5.18. The fraction of sp³-hybridized carbons (Fsp3) is 0.385. The Bertz CT molecular complexity index is 328. The number of hydrogen-bond donors (Lipinski definition) is 1. The van der Waals surface area contributed by atoms with Crippen LogP contribution in [0.15, 0.2) is 28.7 Å². The molecule has 1 aromatic rings. The zero-order chi connectivity index (χ0) is 10.9. The van der Waals surface area contributed by atoms with Gasteiger partial charge < -0.3 is 5.32 Å². The fourth-order valence-corrected chi connectivity index (χ4v) is 1.80. The van der Waals surface area contributed by atoms with Gasteiger partial charge in [0.2, 0.25) is 0 Å². The third kappa shape index (κ3) is 5.61. The van der Waals surface area contributed by atoms with Crippen molar-refractivity contribution in [3.8, 4) is 12.3 Å². The van der Waals surface area contributed by atoms with Gasteiger partial charge in [-0.1, -0.05) is 28.1 Å².